The first-order chi connectivity index (χ1) is 18.9. The molecular formula is C30H41N7OS. The highest BCUT2D eigenvalue weighted by Crippen LogP contribution is 2.55. The van der Waals surface area contributed by atoms with Gasteiger partial charge < -0.3 is 21.1 Å². The summed E-state index contributed by atoms with van der Waals surface area (Å²) in [4.78, 5) is 13.5. The number of pyridine rings is 1. The van der Waals surface area contributed by atoms with E-state index < -0.39 is 0 Å². The normalized spacial score (nSPS) is 33.1. The zero-order chi connectivity index (χ0) is 27.0. The van der Waals surface area contributed by atoms with Gasteiger partial charge in [-0.05, 0) is 100 Å². The van der Waals surface area contributed by atoms with Crippen molar-refractivity contribution in [2.75, 3.05) is 30.0 Å². The third-order valence-corrected chi connectivity index (χ3v) is 11.4. The molecule has 0 atom stereocenters. The summed E-state index contributed by atoms with van der Waals surface area (Å²) < 4.78 is 0. The van der Waals surface area contributed by atoms with Crippen molar-refractivity contribution in [3.63, 3.8) is 0 Å². The zero-order valence-electron chi connectivity index (χ0n) is 23.1. The molecule has 0 saturated heterocycles. The molecule has 2 heterocycles. The Hall–Kier alpha value is -2.41. The summed E-state index contributed by atoms with van der Waals surface area (Å²) in [6, 6.07) is 6.25. The summed E-state index contributed by atoms with van der Waals surface area (Å²) in [6.07, 6.45) is 19.2. The summed E-state index contributed by atoms with van der Waals surface area (Å²) in [7, 11) is 0. The SMILES string of the molecule is CSc1ncccc1CNc1ncc(C#N)c(NCC23CCC(NCC45CCC(O)(CC4)CC5)(CC2)CC3)n1. The molecule has 4 N–H and O–H groups in total. The first-order valence-corrected chi connectivity index (χ1v) is 15.8. The number of nitriles is 1. The Morgan fingerprint density at radius 3 is 2.26 bits per heavy atom. The minimum Gasteiger partial charge on any atom is -0.390 e. The van der Waals surface area contributed by atoms with Gasteiger partial charge in [0.1, 0.15) is 22.5 Å². The minimum absolute atomic E-state index is 0.266. The molecule has 0 aliphatic heterocycles. The van der Waals surface area contributed by atoms with Crippen LogP contribution in [-0.2, 0) is 6.54 Å². The van der Waals surface area contributed by atoms with Gasteiger partial charge in [0, 0.05) is 36.9 Å². The highest BCUT2D eigenvalue weighted by atomic mass is 32.2. The van der Waals surface area contributed by atoms with E-state index in [9.17, 15) is 10.4 Å². The molecule has 0 unspecified atom stereocenters. The average Bonchev–Trinajstić information content (AvgIpc) is 3.00. The molecule has 9 heteroatoms. The molecule has 6 aliphatic carbocycles. The summed E-state index contributed by atoms with van der Waals surface area (Å²) in [5, 5.41) is 32.2. The van der Waals surface area contributed by atoms with Crippen LogP contribution in [0.25, 0.3) is 0 Å². The van der Waals surface area contributed by atoms with Gasteiger partial charge in [-0.1, -0.05) is 6.07 Å². The lowest BCUT2D eigenvalue weighted by Gasteiger charge is -2.56. The standard InChI is InChI=1S/C30H41N7OS/c1-39-25-22(3-2-16-32-25)18-33-26-34-19-23(17-31)24(37-26)35-20-27-4-10-29(11-5-27,12-6-27)36-21-28-7-13-30(38,14-8-28)15-9-28/h2-3,16,19,36,38H,4-15,18,20-21H2,1H3,(H2,33,34,35,37). The quantitative estimate of drug-likeness (QED) is 0.295. The molecule has 6 saturated carbocycles. The van der Waals surface area contributed by atoms with Crippen molar-refractivity contribution in [2.45, 2.75) is 99.8 Å². The molecule has 6 aliphatic rings. The van der Waals surface area contributed by atoms with Crippen molar-refractivity contribution in [3.05, 3.63) is 35.7 Å². The fourth-order valence-electron chi connectivity index (χ4n) is 7.55. The van der Waals surface area contributed by atoms with Crippen molar-refractivity contribution in [1.29, 1.82) is 5.26 Å². The van der Waals surface area contributed by atoms with E-state index in [0.29, 0.717) is 29.3 Å². The molecule has 0 amide bonds. The lowest BCUT2D eigenvalue weighted by atomic mass is 9.56. The van der Waals surface area contributed by atoms with Crippen molar-refractivity contribution in [3.8, 4) is 6.07 Å². The predicted octanol–water partition coefficient (Wildman–Crippen LogP) is 5.26. The number of rotatable bonds is 10. The fraction of sp³-hybridized carbons (Fsp3) is 0.667. The smallest absolute Gasteiger partial charge is 0.224 e. The average molecular weight is 548 g/mol. The van der Waals surface area contributed by atoms with E-state index in [1.165, 1.54) is 57.8 Å². The van der Waals surface area contributed by atoms with E-state index in [0.717, 1.165) is 42.9 Å². The van der Waals surface area contributed by atoms with E-state index in [2.05, 4.69) is 43.0 Å². The molecule has 0 aromatic carbocycles. The molecule has 2 aromatic heterocycles. The second kappa shape index (κ2) is 10.5. The Balaban J connectivity index is 1.04. The van der Waals surface area contributed by atoms with Gasteiger partial charge in [-0.25, -0.2) is 9.97 Å². The van der Waals surface area contributed by atoms with Gasteiger partial charge >= 0.3 is 0 Å². The van der Waals surface area contributed by atoms with Gasteiger partial charge in [0.05, 0.1) is 11.8 Å². The molecule has 6 fully saturated rings. The lowest BCUT2D eigenvalue weighted by molar-refractivity contribution is -0.0949. The van der Waals surface area contributed by atoms with Gasteiger partial charge in [0.2, 0.25) is 5.95 Å². The number of anilines is 2. The fourth-order valence-corrected chi connectivity index (χ4v) is 8.12. The molecule has 8 rings (SSSR count). The van der Waals surface area contributed by atoms with E-state index in [-0.39, 0.29) is 16.6 Å². The van der Waals surface area contributed by atoms with Gasteiger partial charge in [-0.15, -0.1) is 11.8 Å². The Labute approximate surface area is 236 Å². The number of thioether (sulfide) groups is 1. The van der Waals surface area contributed by atoms with Crippen molar-refractivity contribution in [1.82, 2.24) is 20.3 Å². The van der Waals surface area contributed by atoms with Crippen LogP contribution in [0.4, 0.5) is 11.8 Å². The molecule has 8 nitrogen and oxygen atoms in total. The molecule has 4 bridgehead atoms. The van der Waals surface area contributed by atoms with E-state index in [1.54, 1.807) is 24.2 Å². The number of hydrogen-bond donors (Lipinski definition) is 4. The second-order valence-corrected chi connectivity index (χ2v) is 13.6. The zero-order valence-corrected chi connectivity index (χ0v) is 23.9. The minimum atomic E-state index is -0.356. The Kier molecular flexibility index (Phi) is 7.23. The third kappa shape index (κ3) is 5.48. The lowest BCUT2D eigenvalue weighted by Crippen LogP contribution is -2.59. The molecular weight excluding hydrogens is 506 g/mol. The van der Waals surface area contributed by atoms with Crippen molar-refractivity contribution >= 4 is 23.5 Å². The monoisotopic (exact) mass is 547 g/mol. The molecule has 0 radical (unpaired) electrons. The van der Waals surface area contributed by atoms with Gasteiger partial charge in [-0.2, -0.15) is 10.2 Å². The maximum Gasteiger partial charge on any atom is 0.224 e. The number of aromatic nitrogens is 3. The molecule has 2 aromatic rings. The molecule has 208 valence electrons. The van der Waals surface area contributed by atoms with Gasteiger partial charge in [0.25, 0.3) is 0 Å². The van der Waals surface area contributed by atoms with E-state index in [4.69, 9.17) is 0 Å². The van der Waals surface area contributed by atoms with Crippen LogP contribution in [0.1, 0.15) is 88.2 Å². The maximum absolute atomic E-state index is 10.6. The van der Waals surface area contributed by atoms with Crippen LogP contribution in [0, 0.1) is 22.2 Å². The number of aliphatic hydroxyl groups is 1. The van der Waals surface area contributed by atoms with Crippen LogP contribution in [0.2, 0.25) is 0 Å². The maximum atomic E-state index is 10.6. The molecule has 0 spiro atoms. The van der Waals surface area contributed by atoms with Crippen LogP contribution >= 0.6 is 11.8 Å². The van der Waals surface area contributed by atoms with Crippen molar-refractivity contribution in [2.24, 2.45) is 10.8 Å². The first-order valence-electron chi connectivity index (χ1n) is 14.6. The topological polar surface area (TPSA) is 119 Å². The summed E-state index contributed by atoms with van der Waals surface area (Å²) >= 11 is 1.62. The second-order valence-electron chi connectivity index (χ2n) is 12.8. The van der Waals surface area contributed by atoms with E-state index in [1.807, 2.05) is 12.3 Å². The van der Waals surface area contributed by atoms with Crippen LogP contribution < -0.4 is 16.0 Å². The number of nitrogens with one attached hydrogen (secondary N) is 3. The summed E-state index contributed by atoms with van der Waals surface area (Å²) in [5.74, 6) is 1.14. The number of nitrogens with zero attached hydrogens (tertiary/aromatic N) is 4. The Morgan fingerprint density at radius 1 is 0.923 bits per heavy atom. The van der Waals surface area contributed by atoms with Crippen LogP contribution in [0.15, 0.2) is 29.6 Å². The highest BCUT2D eigenvalue weighted by Gasteiger charge is 2.51. The number of hydrogen-bond acceptors (Lipinski definition) is 9. The van der Waals surface area contributed by atoms with E-state index >= 15 is 0 Å². The third-order valence-electron chi connectivity index (χ3n) is 10.6. The first kappa shape index (κ1) is 26.8. The number of fused-ring (bicyclic) bond motifs is 6. The van der Waals surface area contributed by atoms with Crippen LogP contribution in [0.3, 0.4) is 0 Å². The van der Waals surface area contributed by atoms with Crippen molar-refractivity contribution < 1.29 is 5.11 Å². The summed E-state index contributed by atoms with van der Waals surface area (Å²) in [6.45, 7) is 2.54. The Bertz CT molecular complexity index is 1190. The largest absolute Gasteiger partial charge is 0.390 e. The summed E-state index contributed by atoms with van der Waals surface area (Å²) in [5.41, 5.74) is 2.19. The molecule has 39 heavy (non-hydrogen) atoms. The highest BCUT2D eigenvalue weighted by molar-refractivity contribution is 7.98. The van der Waals surface area contributed by atoms with Gasteiger partial charge in [-0.3, -0.25) is 0 Å². The predicted molar refractivity (Wildman–Crippen MR) is 155 cm³/mol. The van der Waals surface area contributed by atoms with Crippen LogP contribution in [0.5, 0.6) is 0 Å². The Morgan fingerprint density at radius 2 is 1.59 bits per heavy atom. The van der Waals surface area contributed by atoms with Gasteiger partial charge in [0.15, 0.2) is 0 Å². The van der Waals surface area contributed by atoms with Crippen LogP contribution in [-0.4, -0.2) is 50.5 Å².